The molecule has 0 spiro atoms. The van der Waals surface area contributed by atoms with Crippen LogP contribution < -0.4 is 0 Å². The number of hydrogen-bond donors (Lipinski definition) is 0. The van der Waals surface area contributed by atoms with Gasteiger partial charge in [0.1, 0.15) is 6.26 Å². The maximum Gasteiger partial charge on any atom is 0.124 e. The minimum Gasteiger partial charge on any atom is -0.364 e. The van der Waals surface area contributed by atoms with Gasteiger partial charge in [0.05, 0.1) is 5.69 Å². The maximum absolute atomic E-state index is 4.80. The first-order valence-corrected chi connectivity index (χ1v) is 3.96. The monoisotopic (exact) mass is 153 g/mol. The average molecular weight is 153 g/mol. The molecule has 1 rings (SSSR count). The van der Waals surface area contributed by atoms with Gasteiger partial charge in [-0.1, -0.05) is 32.9 Å². The van der Waals surface area contributed by atoms with E-state index in [2.05, 4.69) is 32.9 Å². The minimum absolute atomic E-state index is 0.118. The van der Waals surface area contributed by atoms with Crippen LogP contribution >= 0.6 is 0 Å². The third-order valence-corrected chi connectivity index (χ3v) is 2.54. The van der Waals surface area contributed by atoms with E-state index in [0.717, 1.165) is 5.69 Å². The van der Waals surface area contributed by atoms with E-state index < -0.39 is 0 Å². The molecule has 2 heteroatoms. The molecule has 0 aliphatic rings. The van der Waals surface area contributed by atoms with Crippen LogP contribution in [0.1, 0.15) is 33.4 Å². The number of nitrogens with zero attached hydrogens (tertiary/aromatic N) is 1. The molecule has 0 saturated heterocycles. The molecule has 0 N–H and O–H groups in total. The lowest BCUT2D eigenvalue weighted by atomic mass is 9.78. The highest BCUT2D eigenvalue weighted by Gasteiger charge is 2.27. The van der Waals surface area contributed by atoms with Gasteiger partial charge in [-0.3, -0.25) is 0 Å². The van der Waals surface area contributed by atoms with Crippen LogP contribution in [0, 0.1) is 5.92 Å². The van der Waals surface area contributed by atoms with Crippen molar-refractivity contribution in [3.8, 4) is 0 Å². The van der Waals surface area contributed by atoms with E-state index in [1.54, 1.807) is 6.26 Å². The molecule has 1 aromatic heterocycles. The smallest absolute Gasteiger partial charge is 0.124 e. The van der Waals surface area contributed by atoms with Crippen LogP contribution in [0.2, 0.25) is 0 Å². The van der Waals surface area contributed by atoms with E-state index in [-0.39, 0.29) is 5.41 Å². The summed E-state index contributed by atoms with van der Waals surface area (Å²) >= 11 is 0. The second-order valence-corrected chi connectivity index (χ2v) is 3.76. The van der Waals surface area contributed by atoms with Crippen molar-refractivity contribution in [2.24, 2.45) is 5.92 Å². The molecule has 0 aromatic carbocycles. The van der Waals surface area contributed by atoms with Crippen LogP contribution in [0.25, 0.3) is 0 Å². The number of rotatable bonds is 2. The van der Waals surface area contributed by atoms with E-state index >= 15 is 0 Å². The third-order valence-electron chi connectivity index (χ3n) is 2.54. The van der Waals surface area contributed by atoms with Gasteiger partial charge >= 0.3 is 0 Å². The van der Waals surface area contributed by atoms with Crippen molar-refractivity contribution in [2.75, 3.05) is 0 Å². The van der Waals surface area contributed by atoms with Crippen LogP contribution in [0.5, 0.6) is 0 Å². The van der Waals surface area contributed by atoms with Gasteiger partial charge in [0.15, 0.2) is 0 Å². The molecule has 0 amide bonds. The van der Waals surface area contributed by atoms with Crippen molar-refractivity contribution in [3.63, 3.8) is 0 Å². The van der Waals surface area contributed by atoms with Gasteiger partial charge in [-0.2, -0.15) is 0 Å². The summed E-state index contributed by atoms with van der Waals surface area (Å²) in [5.74, 6) is 0.576. The molecule has 0 saturated carbocycles. The average Bonchev–Trinajstić information content (AvgIpc) is 2.37. The van der Waals surface area contributed by atoms with E-state index in [9.17, 15) is 0 Å². The van der Waals surface area contributed by atoms with Crippen LogP contribution in [0.15, 0.2) is 16.9 Å². The highest BCUT2D eigenvalue weighted by Crippen LogP contribution is 2.29. The third kappa shape index (κ3) is 1.44. The molecule has 1 aromatic rings. The fourth-order valence-corrected chi connectivity index (χ4v) is 0.841. The van der Waals surface area contributed by atoms with Crippen molar-refractivity contribution in [3.05, 3.63) is 18.0 Å². The van der Waals surface area contributed by atoms with Crippen molar-refractivity contribution < 1.29 is 4.52 Å². The normalized spacial score (nSPS) is 12.5. The lowest BCUT2D eigenvalue weighted by Gasteiger charge is -2.26. The summed E-state index contributed by atoms with van der Waals surface area (Å²) in [5, 5.41) is 3.93. The van der Waals surface area contributed by atoms with Gasteiger partial charge in [0, 0.05) is 11.5 Å². The molecule has 0 radical (unpaired) electrons. The molecular formula is C9H15NO. The molecule has 62 valence electrons. The summed E-state index contributed by atoms with van der Waals surface area (Å²) in [5.41, 5.74) is 1.15. The van der Waals surface area contributed by atoms with Crippen LogP contribution in [0.4, 0.5) is 0 Å². The Hall–Kier alpha value is -0.790. The Labute approximate surface area is 67.6 Å². The second kappa shape index (κ2) is 2.68. The Morgan fingerprint density at radius 1 is 1.45 bits per heavy atom. The van der Waals surface area contributed by atoms with Gasteiger partial charge in [0.2, 0.25) is 0 Å². The lowest BCUT2D eigenvalue weighted by Crippen LogP contribution is -2.24. The first-order valence-electron chi connectivity index (χ1n) is 3.96. The molecule has 0 bridgehead atoms. The number of hydrogen-bond acceptors (Lipinski definition) is 2. The molecule has 0 fully saturated rings. The molecule has 1 heterocycles. The largest absolute Gasteiger partial charge is 0.364 e. The summed E-state index contributed by atoms with van der Waals surface area (Å²) in [7, 11) is 0. The van der Waals surface area contributed by atoms with Gasteiger partial charge in [-0.05, 0) is 5.92 Å². The standard InChI is InChI=1S/C9H15NO/c1-7(2)9(3,4)8-5-6-11-10-8/h5-7H,1-4H3. The van der Waals surface area contributed by atoms with E-state index in [0.29, 0.717) is 5.92 Å². The summed E-state index contributed by atoms with van der Waals surface area (Å²) in [6.45, 7) is 8.73. The minimum atomic E-state index is 0.118. The first-order chi connectivity index (χ1) is 5.05. The van der Waals surface area contributed by atoms with E-state index in [1.807, 2.05) is 6.07 Å². The van der Waals surface area contributed by atoms with Gasteiger partial charge in [-0.15, -0.1) is 0 Å². The Morgan fingerprint density at radius 2 is 2.09 bits per heavy atom. The Kier molecular flexibility index (Phi) is 2.03. The predicted molar refractivity (Wildman–Crippen MR) is 44.4 cm³/mol. The Balaban J connectivity index is 2.90. The highest BCUT2D eigenvalue weighted by atomic mass is 16.5. The topological polar surface area (TPSA) is 26.0 Å². The summed E-state index contributed by atoms with van der Waals surface area (Å²) < 4.78 is 4.80. The number of aromatic nitrogens is 1. The first kappa shape index (κ1) is 8.31. The van der Waals surface area contributed by atoms with Crippen LogP contribution in [-0.2, 0) is 5.41 Å². The second-order valence-electron chi connectivity index (χ2n) is 3.76. The summed E-state index contributed by atoms with van der Waals surface area (Å²) in [6, 6.07) is 1.93. The van der Waals surface area contributed by atoms with Crippen LogP contribution in [-0.4, -0.2) is 5.16 Å². The molecule has 0 aliphatic heterocycles. The summed E-state index contributed by atoms with van der Waals surface area (Å²) in [6.07, 6.45) is 1.62. The Morgan fingerprint density at radius 3 is 2.45 bits per heavy atom. The fraction of sp³-hybridized carbons (Fsp3) is 0.667. The zero-order valence-electron chi connectivity index (χ0n) is 7.59. The summed E-state index contributed by atoms with van der Waals surface area (Å²) in [4.78, 5) is 0. The lowest BCUT2D eigenvalue weighted by molar-refractivity contribution is 0.328. The molecule has 0 unspecified atom stereocenters. The van der Waals surface area contributed by atoms with Crippen molar-refractivity contribution in [1.82, 2.24) is 5.16 Å². The zero-order valence-corrected chi connectivity index (χ0v) is 7.59. The van der Waals surface area contributed by atoms with E-state index in [4.69, 9.17) is 4.52 Å². The molecule has 0 aliphatic carbocycles. The maximum atomic E-state index is 4.80. The molecule has 2 nitrogen and oxygen atoms in total. The van der Waals surface area contributed by atoms with Gasteiger partial charge < -0.3 is 4.52 Å². The van der Waals surface area contributed by atoms with Crippen molar-refractivity contribution in [1.29, 1.82) is 0 Å². The van der Waals surface area contributed by atoms with Gasteiger partial charge in [0.25, 0.3) is 0 Å². The zero-order chi connectivity index (χ0) is 8.48. The van der Waals surface area contributed by atoms with Crippen molar-refractivity contribution >= 4 is 0 Å². The predicted octanol–water partition coefficient (Wildman–Crippen LogP) is 2.61. The highest BCUT2D eigenvalue weighted by molar-refractivity contribution is 5.11. The van der Waals surface area contributed by atoms with Crippen molar-refractivity contribution in [2.45, 2.75) is 33.1 Å². The van der Waals surface area contributed by atoms with Crippen LogP contribution in [0.3, 0.4) is 0 Å². The molecule has 11 heavy (non-hydrogen) atoms. The molecular weight excluding hydrogens is 138 g/mol. The quantitative estimate of drug-likeness (QED) is 0.652. The molecule has 0 atom stereocenters. The Bertz CT molecular complexity index is 211. The van der Waals surface area contributed by atoms with Gasteiger partial charge in [-0.25, -0.2) is 0 Å². The van der Waals surface area contributed by atoms with E-state index in [1.165, 1.54) is 0 Å². The SMILES string of the molecule is CC(C)C(C)(C)c1ccon1. The fourth-order valence-electron chi connectivity index (χ4n) is 0.841.